The molecule has 0 saturated heterocycles. The maximum Gasteiger partial charge on any atom is 0.416 e. The number of rotatable bonds is 4. The van der Waals surface area contributed by atoms with E-state index < -0.39 is 23.1 Å². The minimum atomic E-state index is -4.48. The first-order valence-electron chi connectivity index (χ1n) is 9.56. The first-order chi connectivity index (χ1) is 14.6. The molecule has 0 unspecified atom stereocenters. The monoisotopic (exact) mass is 430 g/mol. The predicted octanol–water partition coefficient (Wildman–Crippen LogP) is 4.91. The number of alkyl halides is 3. The summed E-state index contributed by atoms with van der Waals surface area (Å²) in [4.78, 5) is 13.3. The van der Waals surface area contributed by atoms with Crippen molar-refractivity contribution in [2.45, 2.75) is 32.5 Å². The van der Waals surface area contributed by atoms with Crippen molar-refractivity contribution in [3.63, 3.8) is 0 Å². The van der Waals surface area contributed by atoms with Crippen molar-refractivity contribution >= 4 is 10.9 Å². The highest BCUT2D eigenvalue weighted by Crippen LogP contribution is 2.30. The minimum Gasteiger partial charge on any atom is -0.265 e. The first-order valence-corrected chi connectivity index (χ1v) is 9.56. The van der Waals surface area contributed by atoms with E-state index in [0.717, 1.165) is 16.8 Å². The molecule has 0 aliphatic heterocycles. The lowest BCUT2D eigenvalue weighted by Gasteiger charge is -2.13. The van der Waals surface area contributed by atoms with Crippen LogP contribution >= 0.6 is 0 Å². The second-order valence-corrected chi connectivity index (χ2v) is 7.50. The van der Waals surface area contributed by atoms with Crippen LogP contribution in [0.4, 0.5) is 17.6 Å². The Kier molecular flexibility index (Phi) is 5.12. The van der Waals surface area contributed by atoms with Gasteiger partial charge in [-0.25, -0.2) is 13.8 Å². The Hall–Kier alpha value is -3.49. The van der Waals surface area contributed by atoms with E-state index >= 15 is 0 Å². The molecular formula is C22H18F4N4O. The van der Waals surface area contributed by atoms with Gasteiger partial charge in [0, 0.05) is 5.39 Å². The Labute approximate surface area is 174 Å². The highest BCUT2D eigenvalue weighted by molar-refractivity contribution is 5.82. The van der Waals surface area contributed by atoms with Crippen molar-refractivity contribution in [3.8, 4) is 5.69 Å². The van der Waals surface area contributed by atoms with Crippen LogP contribution in [0.25, 0.3) is 16.6 Å². The van der Waals surface area contributed by atoms with Crippen molar-refractivity contribution in [2.24, 2.45) is 0 Å². The third-order valence-corrected chi connectivity index (χ3v) is 4.92. The van der Waals surface area contributed by atoms with E-state index in [1.165, 1.54) is 47.3 Å². The van der Waals surface area contributed by atoms with Gasteiger partial charge in [-0.15, -0.1) is 0 Å². The van der Waals surface area contributed by atoms with E-state index in [9.17, 15) is 22.4 Å². The lowest BCUT2D eigenvalue weighted by atomic mass is 10.1. The van der Waals surface area contributed by atoms with Crippen molar-refractivity contribution in [2.75, 3.05) is 0 Å². The van der Waals surface area contributed by atoms with Gasteiger partial charge in [-0.05, 0) is 47.9 Å². The lowest BCUT2D eigenvalue weighted by Crippen LogP contribution is -2.27. The van der Waals surface area contributed by atoms with Crippen molar-refractivity contribution in [1.29, 1.82) is 0 Å². The first kappa shape index (κ1) is 20.8. The Morgan fingerprint density at radius 2 is 1.77 bits per heavy atom. The average Bonchev–Trinajstić information content (AvgIpc) is 3.15. The summed E-state index contributed by atoms with van der Waals surface area (Å²) in [5.41, 5.74) is 0.316. The number of nitrogens with zero attached hydrogens (tertiary/aromatic N) is 4. The van der Waals surface area contributed by atoms with Crippen LogP contribution in [-0.4, -0.2) is 19.6 Å². The van der Waals surface area contributed by atoms with Gasteiger partial charge in [0.15, 0.2) is 0 Å². The summed E-state index contributed by atoms with van der Waals surface area (Å²) >= 11 is 0. The van der Waals surface area contributed by atoms with Crippen LogP contribution in [0.15, 0.2) is 59.5 Å². The van der Waals surface area contributed by atoms with Gasteiger partial charge in [0.25, 0.3) is 5.56 Å². The summed E-state index contributed by atoms with van der Waals surface area (Å²) in [5, 5.41) is 9.25. The van der Waals surface area contributed by atoms with Crippen molar-refractivity contribution < 1.29 is 17.6 Å². The Balaban J connectivity index is 1.88. The van der Waals surface area contributed by atoms with Crippen LogP contribution in [0.5, 0.6) is 0 Å². The molecule has 31 heavy (non-hydrogen) atoms. The molecular weight excluding hydrogens is 412 g/mol. The summed E-state index contributed by atoms with van der Waals surface area (Å²) in [6.45, 7) is 3.67. The zero-order valence-electron chi connectivity index (χ0n) is 16.7. The maximum atomic E-state index is 13.3. The van der Waals surface area contributed by atoms with E-state index in [4.69, 9.17) is 0 Å². The molecule has 0 fully saturated rings. The number of hydrogen-bond acceptors (Lipinski definition) is 3. The zero-order valence-corrected chi connectivity index (χ0v) is 16.7. The molecule has 4 rings (SSSR count). The molecule has 0 radical (unpaired) electrons. The SMILES string of the molecule is CC(C)c1nn(Cc2cccc(C(F)(F)F)c2)c(=O)c2c1cnn2-c1ccc(F)cc1. The smallest absolute Gasteiger partial charge is 0.265 e. The molecule has 160 valence electrons. The molecule has 5 nitrogen and oxygen atoms in total. The fraction of sp³-hybridized carbons (Fsp3) is 0.227. The lowest BCUT2D eigenvalue weighted by molar-refractivity contribution is -0.137. The molecule has 0 spiro atoms. The summed E-state index contributed by atoms with van der Waals surface area (Å²) in [6.07, 6.45) is -2.96. The zero-order chi connectivity index (χ0) is 22.3. The van der Waals surface area contributed by atoms with Crippen molar-refractivity contribution in [3.05, 3.63) is 87.7 Å². The van der Waals surface area contributed by atoms with E-state index in [0.29, 0.717) is 22.3 Å². The Morgan fingerprint density at radius 3 is 2.42 bits per heavy atom. The average molecular weight is 430 g/mol. The van der Waals surface area contributed by atoms with Crippen LogP contribution in [0.2, 0.25) is 0 Å². The number of benzene rings is 2. The summed E-state index contributed by atoms with van der Waals surface area (Å²) in [7, 11) is 0. The number of aromatic nitrogens is 4. The fourth-order valence-corrected chi connectivity index (χ4v) is 3.42. The number of hydrogen-bond donors (Lipinski definition) is 0. The van der Waals surface area contributed by atoms with E-state index in [-0.39, 0.29) is 18.0 Å². The molecule has 0 N–H and O–H groups in total. The second-order valence-electron chi connectivity index (χ2n) is 7.50. The summed E-state index contributed by atoms with van der Waals surface area (Å²) in [6, 6.07) is 10.3. The molecule has 2 aromatic carbocycles. The standard InChI is InChI=1S/C22H18F4N4O/c1-13(2)19-18-11-27-30(17-8-6-16(23)7-9-17)20(18)21(31)29(28-19)12-14-4-3-5-15(10-14)22(24,25)26/h3-11,13H,12H2,1-2H3. The molecule has 0 atom stereocenters. The molecule has 0 aliphatic rings. The molecule has 2 aromatic heterocycles. The van der Waals surface area contributed by atoms with Crippen molar-refractivity contribution in [1.82, 2.24) is 19.6 Å². The predicted molar refractivity (Wildman–Crippen MR) is 108 cm³/mol. The maximum absolute atomic E-state index is 13.3. The Morgan fingerprint density at radius 1 is 1.06 bits per heavy atom. The van der Waals surface area contributed by atoms with Gasteiger partial charge in [-0.2, -0.15) is 23.4 Å². The highest BCUT2D eigenvalue weighted by atomic mass is 19.4. The summed E-state index contributed by atoms with van der Waals surface area (Å²) in [5.74, 6) is -0.492. The second kappa shape index (κ2) is 7.64. The molecule has 0 aliphatic carbocycles. The van der Waals surface area contributed by atoms with Gasteiger partial charge >= 0.3 is 6.18 Å². The largest absolute Gasteiger partial charge is 0.416 e. The normalized spacial score (nSPS) is 12.1. The van der Waals surface area contributed by atoms with Gasteiger partial charge in [0.05, 0.1) is 29.7 Å². The molecule has 9 heteroatoms. The van der Waals surface area contributed by atoms with Gasteiger partial charge in [-0.1, -0.05) is 26.0 Å². The quantitative estimate of drug-likeness (QED) is 0.432. The third-order valence-electron chi connectivity index (χ3n) is 4.92. The molecule has 0 bridgehead atoms. The highest BCUT2D eigenvalue weighted by Gasteiger charge is 2.30. The molecule has 2 heterocycles. The van der Waals surface area contributed by atoms with Crippen LogP contribution in [0, 0.1) is 5.82 Å². The van der Waals surface area contributed by atoms with Crippen LogP contribution in [0.3, 0.4) is 0 Å². The van der Waals surface area contributed by atoms with Crippen LogP contribution in [-0.2, 0) is 12.7 Å². The van der Waals surface area contributed by atoms with E-state index in [2.05, 4.69) is 10.2 Å². The van der Waals surface area contributed by atoms with Gasteiger partial charge < -0.3 is 0 Å². The van der Waals surface area contributed by atoms with Crippen LogP contribution < -0.4 is 5.56 Å². The van der Waals surface area contributed by atoms with Gasteiger partial charge in [0.2, 0.25) is 0 Å². The molecule has 0 saturated carbocycles. The molecule has 4 aromatic rings. The van der Waals surface area contributed by atoms with Crippen LogP contribution in [0.1, 0.15) is 36.6 Å². The topological polar surface area (TPSA) is 52.7 Å². The third kappa shape index (κ3) is 3.95. The molecule has 0 amide bonds. The van der Waals surface area contributed by atoms with Gasteiger partial charge in [0.1, 0.15) is 11.3 Å². The Bertz CT molecular complexity index is 1300. The number of halogens is 4. The van der Waals surface area contributed by atoms with E-state index in [1.807, 2.05) is 13.8 Å². The number of fused-ring (bicyclic) bond motifs is 1. The minimum absolute atomic E-state index is 0.0678. The van der Waals surface area contributed by atoms with E-state index in [1.54, 1.807) is 0 Å². The van der Waals surface area contributed by atoms with Gasteiger partial charge in [-0.3, -0.25) is 4.79 Å². The summed E-state index contributed by atoms with van der Waals surface area (Å²) < 4.78 is 55.1. The fourth-order valence-electron chi connectivity index (χ4n) is 3.42.